The van der Waals surface area contributed by atoms with Gasteiger partial charge in [0, 0.05) is 17.8 Å². The number of rotatable bonds is 6. The summed E-state index contributed by atoms with van der Waals surface area (Å²) in [6, 6.07) is 7.02. The van der Waals surface area contributed by atoms with Crippen LogP contribution in [-0.2, 0) is 9.53 Å². The average molecular weight is 286 g/mol. The Labute approximate surface area is 118 Å². The minimum Gasteiger partial charge on any atom is -0.480 e. The standard InChI is InChI=1S/C14H20ClNO3/c1-10(14(2,3)19-4)16(9-13(17)18)12-7-5-11(15)6-8-12/h5-8,10H,9H2,1-4H3,(H,17,18). The second-order valence-corrected chi connectivity index (χ2v) is 5.42. The van der Waals surface area contributed by atoms with Gasteiger partial charge in [-0.2, -0.15) is 0 Å². The highest BCUT2D eigenvalue weighted by molar-refractivity contribution is 6.30. The van der Waals surface area contributed by atoms with E-state index in [0.717, 1.165) is 5.69 Å². The summed E-state index contributed by atoms with van der Waals surface area (Å²) in [5.41, 5.74) is 0.346. The molecule has 4 nitrogen and oxygen atoms in total. The van der Waals surface area contributed by atoms with Crippen molar-refractivity contribution in [3.8, 4) is 0 Å². The molecule has 0 saturated heterocycles. The Balaban J connectivity index is 3.07. The molecule has 0 radical (unpaired) electrons. The molecule has 1 aromatic carbocycles. The molecule has 0 spiro atoms. The van der Waals surface area contributed by atoms with E-state index in [1.807, 2.05) is 32.9 Å². The number of anilines is 1. The number of aliphatic carboxylic acids is 1. The number of carbonyl (C=O) groups is 1. The van der Waals surface area contributed by atoms with Crippen molar-refractivity contribution < 1.29 is 14.6 Å². The van der Waals surface area contributed by atoms with Gasteiger partial charge in [0.2, 0.25) is 0 Å². The maximum Gasteiger partial charge on any atom is 0.323 e. The van der Waals surface area contributed by atoms with E-state index in [1.54, 1.807) is 24.1 Å². The molecule has 0 aromatic heterocycles. The van der Waals surface area contributed by atoms with Gasteiger partial charge in [0.1, 0.15) is 6.54 Å². The summed E-state index contributed by atoms with van der Waals surface area (Å²) in [6.45, 7) is 5.72. The molecule has 0 fully saturated rings. The number of benzene rings is 1. The van der Waals surface area contributed by atoms with Crippen molar-refractivity contribution in [3.05, 3.63) is 29.3 Å². The van der Waals surface area contributed by atoms with Crippen LogP contribution in [0.5, 0.6) is 0 Å². The van der Waals surface area contributed by atoms with Gasteiger partial charge in [-0.25, -0.2) is 0 Å². The molecule has 1 aromatic rings. The van der Waals surface area contributed by atoms with E-state index in [4.69, 9.17) is 21.4 Å². The van der Waals surface area contributed by atoms with E-state index >= 15 is 0 Å². The van der Waals surface area contributed by atoms with Crippen LogP contribution in [0.25, 0.3) is 0 Å². The SMILES string of the molecule is COC(C)(C)C(C)N(CC(=O)O)c1ccc(Cl)cc1. The molecule has 19 heavy (non-hydrogen) atoms. The second-order valence-electron chi connectivity index (χ2n) is 4.98. The fourth-order valence-corrected chi connectivity index (χ4v) is 1.90. The zero-order valence-electron chi connectivity index (χ0n) is 11.7. The number of nitrogens with zero attached hydrogens (tertiary/aromatic N) is 1. The Hall–Kier alpha value is -1.26. The van der Waals surface area contributed by atoms with Crippen LogP contribution in [0.4, 0.5) is 5.69 Å². The lowest BCUT2D eigenvalue weighted by atomic mass is 9.98. The van der Waals surface area contributed by atoms with Gasteiger partial charge in [-0.3, -0.25) is 4.79 Å². The highest BCUT2D eigenvalue weighted by atomic mass is 35.5. The van der Waals surface area contributed by atoms with Gasteiger partial charge in [0.25, 0.3) is 0 Å². The third-order valence-electron chi connectivity index (χ3n) is 3.46. The number of carboxylic acid groups (broad SMARTS) is 1. The topological polar surface area (TPSA) is 49.8 Å². The molecule has 1 unspecified atom stereocenters. The summed E-state index contributed by atoms with van der Waals surface area (Å²) in [5, 5.41) is 9.70. The number of hydrogen-bond acceptors (Lipinski definition) is 3. The van der Waals surface area contributed by atoms with E-state index in [-0.39, 0.29) is 12.6 Å². The Morgan fingerprint density at radius 2 is 1.95 bits per heavy atom. The van der Waals surface area contributed by atoms with E-state index in [9.17, 15) is 4.79 Å². The largest absolute Gasteiger partial charge is 0.480 e. The lowest BCUT2D eigenvalue weighted by Crippen LogP contribution is -2.50. The first-order valence-electron chi connectivity index (χ1n) is 6.07. The van der Waals surface area contributed by atoms with Gasteiger partial charge in [-0.1, -0.05) is 11.6 Å². The highest BCUT2D eigenvalue weighted by Crippen LogP contribution is 2.26. The molecule has 0 aliphatic heterocycles. The van der Waals surface area contributed by atoms with Gasteiger partial charge in [0.15, 0.2) is 0 Å². The van der Waals surface area contributed by atoms with Crippen LogP contribution < -0.4 is 4.90 Å². The number of hydrogen-bond donors (Lipinski definition) is 1. The lowest BCUT2D eigenvalue weighted by Gasteiger charge is -2.39. The van der Waals surface area contributed by atoms with E-state index in [0.29, 0.717) is 5.02 Å². The lowest BCUT2D eigenvalue weighted by molar-refractivity contribution is -0.135. The molecular weight excluding hydrogens is 266 g/mol. The van der Waals surface area contributed by atoms with Gasteiger partial charge in [-0.05, 0) is 45.0 Å². The molecular formula is C14H20ClNO3. The predicted octanol–water partition coefficient (Wildman–Crippen LogP) is 3.04. The first-order chi connectivity index (χ1) is 8.77. The first-order valence-corrected chi connectivity index (χ1v) is 6.45. The fourth-order valence-electron chi connectivity index (χ4n) is 1.78. The van der Waals surface area contributed by atoms with Crippen LogP contribution >= 0.6 is 11.6 Å². The molecule has 0 saturated carbocycles. The number of ether oxygens (including phenoxy) is 1. The first kappa shape index (κ1) is 15.8. The van der Waals surface area contributed by atoms with Crippen molar-refractivity contribution in [2.75, 3.05) is 18.6 Å². The smallest absolute Gasteiger partial charge is 0.323 e. The molecule has 0 bridgehead atoms. The van der Waals surface area contributed by atoms with Crippen LogP contribution in [0.3, 0.4) is 0 Å². The number of carboxylic acids is 1. The molecule has 1 rings (SSSR count). The zero-order chi connectivity index (χ0) is 14.6. The molecule has 0 amide bonds. The highest BCUT2D eigenvalue weighted by Gasteiger charge is 2.31. The average Bonchev–Trinajstić information content (AvgIpc) is 2.36. The summed E-state index contributed by atoms with van der Waals surface area (Å²) in [7, 11) is 1.62. The van der Waals surface area contributed by atoms with Crippen molar-refractivity contribution >= 4 is 23.3 Å². The monoisotopic (exact) mass is 285 g/mol. The van der Waals surface area contributed by atoms with Crippen molar-refractivity contribution in [1.82, 2.24) is 0 Å². The maximum absolute atomic E-state index is 11.1. The normalized spacial score (nSPS) is 13.1. The summed E-state index contributed by atoms with van der Waals surface area (Å²) < 4.78 is 5.45. The van der Waals surface area contributed by atoms with E-state index < -0.39 is 11.6 Å². The Kier molecular flexibility index (Phi) is 5.20. The van der Waals surface area contributed by atoms with Crippen molar-refractivity contribution in [2.24, 2.45) is 0 Å². The third kappa shape index (κ3) is 4.11. The molecule has 5 heteroatoms. The molecule has 0 heterocycles. The Bertz CT molecular complexity index is 431. The number of methoxy groups -OCH3 is 1. The van der Waals surface area contributed by atoms with Gasteiger partial charge >= 0.3 is 5.97 Å². The Morgan fingerprint density at radius 1 is 1.42 bits per heavy atom. The molecule has 106 valence electrons. The second kappa shape index (κ2) is 6.26. The van der Waals surface area contributed by atoms with Crippen molar-refractivity contribution in [2.45, 2.75) is 32.4 Å². The molecule has 0 aliphatic carbocycles. The Morgan fingerprint density at radius 3 is 2.37 bits per heavy atom. The molecule has 0 aliphatic rings. The van der Waals surface area contributed by atoms with Crippen LogP contribution in [-0.4, -0.2) is 36.4 Å². The zero-order valence-corrected chi connectivity index (χ0v) is 12.4. The summed E-state index contributed by atoms with van der Waals surface area (Å²) in [5.74, 6) is -0.881. The predicted molar refractivity (Wildman–Crippen MR) is 77.0 cm³/mol. The molecule has 1 atom stereocenters. The number of halogens is 1. The minimum atomic E-state index is -0.881. The van der Waals surface area contributed by atoms with Crippen LogP contribution in [0.1, 0.15) is 20.8 Å². The van der Waals surface area contributed by atoms with Crippen LogP contribution in [0.15, 0.2) is 24.3 Å². The third-order valence-corrected chi connectivity index (χ3v) is 3.72. The maximum atomic E-state index is 11.1. The fraction of sp³-hybridized carbons (Fsp3) is 0.500. The summed E-state index contributed by atoms with van der Waals surface area (Å²) in [6.07, 6.45) is 0. The van der Waals surface area contributed by atoms with E-state index in [1.165, 1.54) is 0 Å². The quantitative estimate of drug-likeness (QED) is 0.873. The summed E-state index contributed by atoms with van der Waals surface area (Å²) in [4.78, 5) is 12.9. The van der Waals surface area contributed by atoms with Crippen LogP contribution in [0, 0.1) is 0 Å². The summed E-state index contributed by atoms with van der Waals surface area (Å²) >= 11 is 5.86. The van der Waals surface area contributed by atoms with Crippen molar-refractivity contribution in [1.29, 1.82) is 0 Å². The minimum absolute atomic E-state index is 0.0877. The van der Waals surface area contributed by atoms with Gasteiger partial charge < -0.3 is 14.7 Å². The van der Waals surface area contributed by atoms with Crippen LogP contribution in [0.2, 0.25) is 5.02 Å². The van der Waals surface area contributed by atoms with Gasteiger partial charge in [0.05, 0.1) is 11.6 Å². The van der Waals surface area contributed by atoms with E-state index in [2.05, 4.69) is 0 Å². The molecule has 1 N–H and O–H groups in total. The van der Waals surface area contributed by atoms with Crippen molar-refractivity contribution in [3.63, 3.8) is 0 Å². The van der Waals surface area contributed by atoms with Gasteiger partial charge in [-0.15, -0.1) is 0 Å².